The van der Waals surface area contributed by atoms with Gasteiger partial charge in [0.1, 0.15) is 0 Å². The van der Waals surface area contributed by atoms with E-state index in [1.165, 1.54) is 53.2 Å². The van der Waals surface area contributed by atoms with E-state index in [4.69, 9.17) is 4.98 Å². The Balaban J connectivity index is 1.10. The van der Waals surface area contributed by atoms with Gasteiger partial charge < -0.3 is 4.90 Å². The molecule has 0 spiro atoms. The number of hydrogen-bond acceptors (Lipinski definition) is 3. The van der Waals surface area contributed by atoms with Gasteiger partial charge in [-0.15, -0.1) is 11.3 Å². The fraction of sp³-hybridized carbons (Fsp3) is 0. The summed E-state index contributed by atoms with van der Waals surface area (Å²) in [5.74, 6) is 0. The Bertz CT molecular complexity index is 2530. The van der Waals surface area contributed by atoms with E-state index in [0.717, 1.165) is 28.3 Å². The summed E-state index contributed by atoms with van der Waals surface area (Å²) in [4.78, 5) is 7.19. The molecule has 0 aliphatic heterocycles. The summed E-state index contributed by atoms with van der Waals surface area (Å²) in [7, 11) is 0. The Hall–Kier alpha value is -6.03. The second-order valence-corrected chi connectivity index (χ2v) is 13.1. The van der Waals surface area contributed by atoms with Gasteiger partial charge in [0, 0.05) is 44.3 Å². The summed E-state index contributed by atoms with van der Waals surface area (Å²) < 4.78 is 2.51. The van der Waals surface area contributed by atoms with Crippen molar-refractivity contribution < 1.29 is 0 Å². The smallest absolute Gasteiger partial charge is 0.0709 e. The van der Waals surface area contributed by atoms with Crippen molar-refractivity contribution in [2.75, 3.05) is 4.90 Å². The second-order valence-electron chi connectivity index (χ2n) is 12.0. The Morgan fingerprint density at radius 3 is 1.69 bits per heavy atom. The third-order valence-corrected chi connectivity index (χ3v) is 10.3. The lowest BCUT2D eigenvalue weighted by atomic mass is 9.98. The van der Waals surface area contributed by atoms with Crippen LogP contribution in [0.5, 0.6) is 0 Å². The zero-order valence-electron chi connectivity index (χ0n) is 26.1. The van der Waals surface area contributed by atoms with Gasteiger partial charge in [-0.3, -0.25) is 4.98 Å². The Morgan fingerprint density at radius 1 is 0.396 bits per heavy atom. The van der Waals surface area contributed by atoms with Crippen molar-refractivity contribution >= 4 is 59.3 Å². The summed E-state index contributed by atoms with van der Waals surface area (Å²) >= 11 is 1.80. The molecule has 0 radical (unpaired) electrons. The van der Waals surface area contributed by atoms with E-state index in [9.17, 15) is 0 Å². The molecule has 0 bridgehead atoms. The first-order valence-corrected chi connectivity index (χ1v) is 17.0. The van der Waals surface area contributed by atoms with E-state index in [0.29, 0.717) is 0 Å². The number of nitrogens with zero attached hydrogens (tertiary/aromatic N) is 2. The number of hydrogen-bond donors (Lipinski definition) is 0. The molecule has 7 aromatic carbocycles. The summed E-state index contributed by atoms with van der Waals surface area (Å²) in [6, 6.07) is 63.0. The minimum absolute atomic E-state index is 0.982. The molecule has 48 heavy (non-hydrogen) atoms. The van der Waals surface area contributed by atoms with Gasteiger partial charge in [0.2, 0.25) is 0 Å². The van der Waals surface area contributed by atoms with Crippen LogP contribution in [-0.2, 0) is 0 Å². The quantitative estimate of drug-likeness (QED) is 0.182. The summed E-state index contributed by atoms with van der Waals surface area (Å²) in [5.41, 5.74) is 10.2. The fourth-order valence-corrected chi connectivity index (χ4v) is 7.77. The average Bonchev–Trinajstić information content (AvgIpc) is 3.54. The van der Waals surface area contributed by atoms with Crippen LogP contribution in [-0.4, -0.2) is 4.98 Å². The predicted octanol–water partition coefficient (Wildman–Crippen LogP) is 13.1. The maximum atomic E-state index is 4.86. The van der Waals surface area contributed by atoms with Gasteiger partial charge in [-0.25, -0.2) is 0 Å². The van der Waals surface area contributed by atoms with E-state index in [1.807, 2.05) is 6.20 Å². The van der Waals surface area contributed by atoms with Crippen LogP contribution in [0, 0.1) is 0 Å². The van der Waals surface area contributed by atoms with E-state index in [1.54, 1.807) is 11.3 Å². The summed E-state index contributed by atoms with van der Waals surface area (Å²) in [5, 5.41) is 5.06. The highest BCUT2D eigenvalue weighted by molar-refractivity contribution is 7.25. The maximum Gasteiger partial charge on any atom is 0.0709 e. The Labute approximate surface area is 283 Å². The molecule has 2 heterocycles. The molecule has 0 saturated heterocycles. The molecule has 2 nitrogen and oxygen atoms in total. The van der Waals surface area contributed by atoms with Crippen LogP contribution in [0.25, 0.3) is 64.5 Å². The normalized spacial score (nSPS) is 11.3. The van der Waals surface area contributed by atoms with Crippen molar-refractivity contribution in [3.05, 3.63) is 182 Å². The maximum absolute atomic E-state index is 4.86. The molecule has 0 N–H and O–H groups in total. The molecule has 2 aromatic heterocycles. The molecular weight excluding hydrogens is 601 g/mol. The highest BCUT2D eigenvalue weighted by atomic mass is 32.1. The largest absolute Gasteiger partial charge is 0.311 e. The van der Waals surface area contributed by atoms with Gasteiger partial charge in [-0.1, -0.05) is 127 Å². The van der Waals surface area contributed by atoms with Gasteiger partial charge in [-0.05, 0) is 81.6 Å². The molecule has 3 heteroatoms. The lowest BCUT2D eigenvalue weighted by Gasteiger charge is -2.26. The van der Waals surface area contributed by atoms with Gasteiger partial charge in [0.05, 0.1) is 10.4 Å². The van der Waals surface area contributed by atoms with Crippen LogP contribution in [0.1, 0.15) is 0 Å². The van der Waals surface area contributed by atoms with E-state index >= 15 is 0 Å². The van der Waals surface area contributed by atoms with Crippen molar-refractivity contribution in [2.45, 2.75) is 0 Å². The zero-order valence-corrected chi connectivity index (χ0v) is 26.9. The number of anilines is 3. The Kier molecular flexibility index (Phi) is 7.03. The molecule has 0 fully saturated rings. The topological polar surface area (TPSA) is 16.1 Å². The molecule has 0 unspecified atom stereocenters. The lowest BCUT2D eigenvalue weighted by Crippen LogP contribution is -2.09. The highest BCUT2D eigenvalue weighted by Gasteiger charge is 2.15. The number of benzene rings is 7. The van der Waals surface area contributed by atoms with Crippen LogP contribution in [0.2, 0.25) is 0 Å². The Morgan fingerprint density at radius 2 is 0.958 bits per heavy atom. The first-order valence-electron chi connectivity index (χ1n) is 16.2. The molecule has 0 atom stereocenters. The van der Waals surface area contributed by atoms with Crippen LogP contribution in [0.4, 0.5) is 17.1 Å². The lowest BCUT2D eigenvalue weighted by molar-refractivity contribution is 1.28. The second kappa shape index (κ2) is 12.0. The number of fused-ring (bicyclic) bond motifs is 4. The van der Waals surface area contributed by atoms with Crippen molar-refractivity contribution in [3.63, 3.8) is 0 Å². The van der Waals surface area contributed by atoms with Gasteiger partial charge >= 0.3 is 0 Å². The van der Waals surface area contributed by atoms with E-state index in [-0.39, 0.29) is 0 Å². The number of aromatic nitrogens is 1. The van der Waals surface area contributed by atoms with Gasteiger partial charge in [-0.2, -0.15) is 0 Å². The number of pyridine rings is 1. The standard InChI is InChI=1S/C45H30N2S/c1-2-9-31(10-3-1)32-17-23-36(24-18-32)47(37-25-19-34(20-26-37)40-15-8-12-33-11-4-5-13-39(33)40)38-27-21-35(22-28-38)43-29-42-41-14-6-7-16-44(41)48-45(42)30-46-43/h1-30H. The molecule has 226 valence electrons. The highest BCUT2D eigenvalue weighted by Crippen LogP contribution is 2.39. The first-order chi connectivity index (χ1) is 23.8. The van der Waals surface area contributed by atoms with Gasteiger partial charge in [0.15, 0.2) is 0 Å². The van der Waals surface area contributed by atoms with Crippen molar-refractivity contribution in [1.29, 1.82) is 0 Å². The molecule has 0 amide bonds. The van der Waals surface area contributed by atoms with E-state index < -0.39 is 0 Å². The summed E-state index contributed by atoms with van der Waals surface area (Å²) in [6.07, 6.45) is 2.02. The van der Waals surface area contributed by atoms with Crippen LogP contribution < -0.4 is 4.90 Å². The fourth-order valence-electron chi connectivity index (χ4n) is 6.72. The van der Waals surface area contributed by atoms with Crippen molar-refractivity contribution in [2.24, 2.45) is 0 Å². The van der Waals surface area contributed by atoms with Crippen LogP contribution in [0.15, 0.2) is 182 Å². The third kappa shape index (κ3) is 5.11. The molecule has 0 aliphatic rings. The first kappa shape index (κ1) is 28.2. The molecule has 0 saturated carbocycles. The minimum Gasteiger partial charge on any atom is -0.311 e. The monoisotopic (exact) mass is 630 g/mol. The van der Waals surface area contributed by atoms with Crippen LogP contribution in [0.3, 0.4) is 0 Å². The van der Waals surface area contributed by atoms with E-state index in [2.05, 4.69) is 181 Å². The van der Waals surface area contributed by atoms with Crippen molar-refractivity contribution in [3.8, 4) is 33.5 Å². The number of thiophene rings is 1. The van der Waals surface area contributed by atoms with Crippen molar-refractivity contribution in [1.82, 2.24) is 4.98 Å². The summed E-state index contributed by atoms with van der Waals surface area (Å²) in [6.45, 7) is 0. The number of rotatable bonds is 6. The van der Waals surface area contributed by atoms with Crippen LogP contribution >= 0.6 is 11.3 Å². The minimum atomic E-state index is 0.982. The van der Waals surface area contributed by atoms with Gasteiger partial charge in [0.25, 0.3) is 0 Å². The molecule has 0 aliphatic carbocycles. The SMILES string of the molecule is c1ccc(-c2ccc(N(c3ccc(-c4cc5c(cn4)sc4ccccc45)cc3)c3ccc(-c4cccc5ccccc45)cc3)cc2)cc1. The zero-order chi connectivity index (χ0) is 31.9. The predicted molar refractivity (Wildman–Crippen MR) is 206 cm³/mol. The third-order valence-electron chi connectivity index (χ3n) is 9.14. The molecular formula is C45H30N2S. The molecule has 9 rings (SSSR count). The average molecular weight is 631 g/mol. The molecule has 9 aromatic rings.